The number of hydrogen-bond donors (Lipinski definition) is 1. The van der Waals surface area contributed by atoms with Crippen molar-refractivity contribution in [3.63, 3.8) is 0 Å². The fourth-order valence-electron chi connectivity index (χ4n) is 2.42. The Morgan fingerprint density at radius 2 is 2.23 bits per heavy atom. The maximum absolute atomic E-state index is 12.1. The molecule has 0 bridgehead atoms. The summed E-state index contributed by atoms with van der Waals surface area (Å²) in [5.41, 5.74) is 1.59. The summed E-state index contributed by atoms with van der Waals surface area (Å²) in [6, 6.07) is 7.16. The number of anilines is 1. The lowest BCUT2D eigenvalue weighted by molar-refractivity contribution is -0.117. The van der Waals surface area contributed by atoms with Crippen LogP contribution in [0.2, 0.25) is 0 Å². The van der Waals surface area contributed by atoms with E-state index >= 15 is 0 Å². The third-order valence-electron chi connectivity index (χ3n) is 3.29. The van der Waals surface area contributed by atoms with E-state index in [-0.39, 0.29) is 24.0 Å². The Labute approximate surface area is 130 Å². The maximum Gasteiger partial charge on any atom is 0.227 e. The summed E-state index contributed by atoms with van der Waals surface area (Å²) in [5, 5.41) is 5.05. The zero-order chi connectivity index (χ0) is 16.3. The second-order valence-corrected chi connectivity index (χ2v) is 7.31. The summed E-state index contributed by atoms with van der Waals surface area (Å²) < 4.78 is 27.9. The molecule has 1 saturated heterocycles. The van der Waals surface area contributed by atoms with E-state index in [0.717, 1.165) is 5.57 Å². The second-order valence-electron chi connectivity index (χ2n) is 5.65. The van der Waals surface area contributed by atoms with Crippen molar-refractivity contribution in [1.82, 2.24) is 0 Å². The minimum absolute atomic E-state index is 0.106. The second kappa shape index (κ2) is 6.50. The Morgan fingerprint density at radius 1 is 1.50 bits per heavy atom. The van der Waals surface area contributed by atoms with Crippen LogP contribution in [-0.2, 0) is 14.8 Å². The van der Waals surface area contributed by atoms with Gasteiger partial charge in [-0.3, -0.25) is 4.79 Å². The number of benzene rings is 1. The number of carbonyl (C=O) groups is 1. The van der Waals surface area contributed by atoms with E-state index in [1.807, 2.05) is 6.92 Å². The summed E-state index contributed by atoms with van der Waals surface area (Å²) >= 11 is 0. The lowest BCUT2D eigenvalue weighted by Gasteiger charge is -2.17. The molecule has 1 aliphatic rings. The van der Waals surface area contributed by atoms with Crippen molar-refractivity contribution in [1.29, 1.82) is 0 Å². The number of hydrogen-bond acceptors (Lipinski definition) is 4. The molecule has 0 aromatic heterocycles. The minimum Gasteiger partial charge on any atom is -0.489 e. The molecule has 1 fully saturated rings. The molecule has 1 aliphatic heterocycles. The first-order valence-corrected chi connectivity index (χ1v) is 8.64. The molecule has 120 valence electrons. The number of nitrogens with two attached hydrogens (primary N) is 1. The molecule has 1 atom stereocenters. The molecular weight excluding hydrogens is 304 g/mol. The van der Waals surface area contributed by atoms with Gasteiger partial charge in [0, 0.05) is 30.6 Å². The van der Waals surface area contributed by atoms with E-state index in [1.54, 1.807) is 29.2 Å². The highest BCUT2D eigenvalue weighted by Gasteiger charge is 2.32. The highest BCUT2D eigenvalue weighted by atomic mass is 32.2. The highest BCUT2D eigenvalue weighted by molar-refractivity contribution is 7.89. The van der Waals surface area contributed by atoms with Crippen LogP contribution in [0.5, 0.6) is 5.75 Å². The minimum atomic E-state index is -3.58. The van der Waals surface area contributed by atoms with Crippen LogP contribution in [0.25, 0.3) is 0 Å². The summed E-state index contributed by atoms with van der Waals surface area (Å²) in [7, 11) is -3.58. The monoisotopic (exact) mass is 324 g/mol. The number of ether oxygens (including phenoxy) is 1. The third-order valence-corrected chi connectivity index (χ3v) is 4.22. The fraction of sp³-hybridized carbons (Fsp3) is 0.400. The highest BCUT2D eigenvalue weighted by Crippen LogP contribution is 2.28. The summed E-state index contributed by atoms with van der Waals surface area (Å²) in [6.07, 6.45) is 0.188. The molecule has 1 heterocycles. The Balaban J connectivity index is 2.09. The molecule has 0 radical (unpaired) electrons. The normalized spacial score (nSPS) is 18.5. The number of sulfonamides is 1. The third kappa shape index (κ3) is 4.57. The Morgan fingerprint density at radius 3 is 2.86 bits per heavy atom. The topological polar surface area (TPSA) is 89.7 Å². The van der Waals surface area contributed by atoms with Crippen LogP contribution < -0.4 is 14.8 Å². The molecule has 6 nitrogen and oxygen atoms in total. The van der Waals surface area contributed by atoms with Gasteiger partial charge in [-0.05, 0) is 24.6 Å². The first-order valence-electron chi connectivity index (χ1n) is 6.92. The molecule has 2 N–H and O–H groups in total. The van der Waals surface area contributed by atoms with Gasteiger partial charge in [0.05, 0.1) is 5.75 Å². The van der Waals surface area contributed by atoms with Gasteiger partial charge < -0.3 is 9.64 Å². The van der Waals surface area contributed by atoms with Crippen LogP contribution in [0.15, 0.2) is 36.4 Å². The summed E-state index contributed by atoms with van der Waals surface area (Å²) in [4.78, 5) is 13.7. The zero-order valence-electron chi connectivity index (χ0n) is 12.5. The molecule has 0 spiro atoms. The SMILES string of the molecule is C=C(C)COc1cccc(N2CC(CS(N)(=O)=O)CC2=O)c1. The molecule has 1 unspecified atom stereocenters. The summed E-state index contributed by atoms with van der Waals surface area (Å²) in [5.74, 6) is 0.0811. The van der Waals surface area contributed by atoms with Gasteiger partial charge in [0.25, 0.3) is 0 Å². The van der Waals surface area contributed by atoms with E-state index in [9.17, 15) is 13.2 Å². The predicted molar refractivity (Wildman–Crippen MR) is 85.2 cm³/mol. The number of rotatable bonds is 6. The molecular formula is C15H20N2O4S. The van der Waals surface area contributed by atoms with Crippen molar-refractivity contribution >= 4 is 21.6 Å². The van der Waals surface area contributed by atoms with Gasteiger partial charge in [-0.25, -0.2) is 13.6 Å². The van der Waals surface area contributed by atoms with Gasteiger partial charge in [-0.1, -0.05) is 12.6 Å². The van der Waals surface area contributed by atoms with E-state index in [0.29, 0.717) is 24.6 Å². The average Bonchev–Trinajstić information content (AvgIpc) is 2.75. The number of carbonyl (C=O) groups excluding carboxylic acids is 1. The average molecular weight is 324 g/mol. The number of amides is 1. The van der Waals surface area contributed by atoms with Crippen molar-refractivity contribution in [3.05, 3.63) is 36.4 Å². The van der Waals surface area contributed by atoms with Gasteiger partial charge in [0.1, 0.15) is 12.4 Å². The number of nitrogens with zero attached hydrogens (tertiary/aromatic N) is 1. The number of primary sulfonamides is 1. The van der Waals surface area contributed by atoms with Crippen molar-refractivity contribution in [2.45, 2.75) is 13.3 Å². The van der Waals surface area contributed by atoms with Crippen LogP contribution in [0.4, 0.5) is 5.69 Å². The van der Waals surface area contributed by atoms with E-state index < -0.39 is 10.0 Å². The fourth-order valence-corrected chi connectivity index (χ4v) is 3.30. The first-order chi connectivity index (χ1) is 10.2. The Kier molecular flexibility index (Phi) is 4.87. The van der Waals surface area contributed by atoms with Crippen molar-refractivity contribution in [3.8, 4) is 5.75 Å². The largest absolute Gasteiger partial charge is 0.489 e. The molecule has 0 saturated carbocycles. The Hall–Kier alpha value is -1.86. The molecule has 22 heavy (non-hydrogen) atoms. The van der Waals surface area contributed by atoms with E-state index in [1.165, 1.54) is 0 Å². The molecule has 7 heteroatoms. The zero-order valence-corrected chi connectivity index (χ0v) is 13.3. The van der Waals surface area contributed by atoms with Gasteiger partial charge in [-0.2, -0.15) is 0 Å². The quantitative estimate of drug-likeness (QED) is 0.798. The molecule has 2 rings (SSSR count). The molecule has 0 aliphatic carbocycles. The van der Waals surface area contributed by atoms with E-state index in [4.69, 9.17) is 9.88 Å². The van der Waals surface area contributed by atoms with Gasteiger partial charge in [0.15, 0.2) is 0 Å². The van der Waals surface area contributed by atoms with Crippen LogP contribution in [0.3, 0.4) is 0 Å². The standard InChI is InChI=1S/C15H20N2O4S/c1-11(2)9-21-14-5-3-4-13(7-14)17-8-12(6-15(17)18)10-22(16,19)20/h3-5,7,12H,1,6,8-10H2,2H3,(H2,16,19,20). The Bertz CT molecular complexity index is 685. The van der Waals surface area contributed by atoms with Gasteiger partial charge in [-0.15, -0.1) is 0 Å². The van der Waals surface area contributed by atoms with Crippen LogP contribution in [0, 0.1) is 5.92 Å². The first kappa shape index (κ1) is 16.5. The maximum atomic E-state index is 12.1. The van der Waals surface area contributed by atoms with Gasteiger partial charge >= 0.3 is 0 Å². The van der Waals surface area contributed by atoms with Crippen molar-refractivity contribution < 1.29 is 17.9 Å². The van der Waals surface area contributed by atoms with Crippen LogP contribution in [-0.4, -0.2) is 33.2 Å². The van der Waals surface area contributed by atoms with Crippen LogP contribution >= 0.6 is 0 Å². The van der Waals surface area contributed by atoms with E-state index in [2.05, 4.69) is 6.58 Å². The lowest BCUT2D eigenvalue weighted by Crippen LogP contribution is -2.27. The summed E-state index contributed by atoms with van der Waals surface area (Å²) in [6.45, 7) is 6.39. The molecule has 1 aromatic carbocycles. The van der Waals surface area contributed by atoms with Crippen molar-refractivity contribution in [2.24, 2.45) is 11.1 Å². The molecule has 1 aromatic rings. The van der Waals surface area contributed by atoms with Crippen molar-refractivity contribution in [2.75, 3.05) is 23.8 Å². The smallest absolute Gasteiger partial charge is 0.227 e. The van der Waals surface area contributed by atoms with Gasteiger partial charge in [0.2, 0.25) is 15.9 Å². The predicted octanol–water partition coefficient (Wildman–Crippen LogP) is 1.28. The molecule has 1 amide bonds. The lowest BCUT2D eigenvalue weighted by atomic mass is 10.1. The van der Waals surface area contributed by atoms with Crippen LogP contribution in [0.1, 0.15) is 13.3 Å².